The zero-order valence-corrected chi connectivity index (χ0v) is 27.7. The van der Waals surface area contributed by atoms with Crippen LogP contribution in [0.15, 0.2) is 25.3 Å². The summed E-state index contributed by atoms with van der Waals surface area (Å²) in [7, 11) is 0. The quantitative estimate of drug-likeness (QED) is 0.112. The van der Waals surface area contributed by atoms with Crippen LogP contribution in [0.5, 0.6) is 0 Å². The van der Waals surface area contributed by atoms with Gasteiger partial charge in [0.1, 0.15) is 22.5 Å². The molecule has 2 rings (SSSR count). The molecule has 43 heavy (non-hydrogen) atoms. The molecular weight excluding hydrogens is 591 g/mol. The molecule has 244 valence electrons. The number of rotatable bonds is 16. The third-order valence-corrected chi connectivity index (χ3v) is 8.71. The van der Waals surface area contributed by atoms with Gasteiger partial charge in [0.25, 0.3) is 0 Å². The van der Waals surface area contributed by atoms with Gasteiger partial charge in [-0.1, -0.05) is 37.8 Å². The van der Waals surface area contributed by atoms with E-state index in [9.17, 15) is 19.2 Å². The first-order valence-electron chi connectivity index (χ1n) is 15.7. The fraction of sp³-hybridized carbons (Fsp3) is 0.750. The van der Waals surface area contributed by atoms with E-state index in [2.05, 4.69) is 29.1 Å². The molecule has 2 aliphatic rings. The van der Waals surface area contributed by atoms with Crippen LogP contribution >= 0.6 is 23.2 Å². The van der Waals surface area contributed by atoms with Crippen molar-refractivity contribution in [2.75, 3.05) is 13.1 Å². The van der Waals surface area contributed by atoms with Crippen LogP contribution in [-0.4, -0.2) is 70.4 Å². The van der Waals surface area contributed by atoms with Crippen LogP contribution in [0.2, 0.25) is 0 Å². The van der Waals surface area contributed by atoms with Crippen molar-refractivity contribution in [2.24, 2.45) is 11.8 Å². The second-order valence-electron chi connectivity index (χ2n) is 12.8. The van der Waals surface area contributed by atoms with Gasteiger partial charge < -0.3 is 25.6 Å². The number of hydrogen-bond acceptors (Lipinski definition) is 5. The lowest BCUT2D eigenvalue weighted by atomic mass is 9.83. The van der Waals surface area contributed by atoms with Gasteiger partial charge in [-0.15, -0.1) is 36.4 Å². The van der Waals surface area contributed by atoms with Crippen LogP contribution in [0.25, 0.3) is 0 Å². The van der Waals surface area contributed by atoms with Crippen molar-refractivity contribution in [2.45, 2.75) is 126 Å². The maximum Gasteiger partial charge on any atom is 0.408 e. The first-order chi connectivity index (χ1) is 20.4. The summed E-state index contributed by atoms with van der Waals surface area (Å²) >= 11 is 12.6. The molecule has 9 nitrogen and oxygen atoms in total. The van der Waals surface area contributed by atoms with E-state index in [1.165, 1.54) is 4.90 Å². The zero-order valence-electron chi connectivity index (χ0n) is 26.2. The van der Waals surface area contributed by atoms with Gasteiger partial charge in [-0.2, -0.15) is 0 Å². The SMILES string of the molecule is C=CCCCCC(CC(=O)NCCC=C)NC(=O)[C@@H]1C[C@@H](C(Cl)Cl)CN1C(=O)[C@@H](NC(=O)OC(C)(C)C)C1CCCCC1. The first-order valence-corrected chi connectivity index (χ1v) is 16.6. The van der Waals surface area contributed by atoms with Gasteiger partial charge in [0.15, 0.2) is 0 Å². The van der Waals surface area contributed by atoms with E-state index in [4.69, 9.17) is 27.9 Å². The van der Waals surface area contributed by atoms with E-state index in [1.807, 2.05) is 6.08 Å². The summed E-state index contributed by atoms with van der Waals surface area (Å²) in [5.74, 6) is -1.23. The number of carbonyl (C=O) groups is 4. The Morgan fingerprint density at radius 3 is 2.26 bits per heavy atom. The van der Waals surface area contributed by atoms with E-state index < -0.39 is 34.7 Å². The predicted molar refractivity (Wildman–Crippen MR) is 172 cm³/mol. The number of carbonyl (C=O) groups excluding carboxylic acids is 4. The van der Waals surface area contributed by atoms with Crippen LogP contribution in [0.4, 0.5) is 4.79 Å². The summed E-state index contributed by atoms with van der Waals surface area (Å²) in [5, 5.41) is 8.75. The third kappa shape index (κ3) is 13.1. The summed E-state index contributed by atoms with van der Waals surface area (Å²) in [6, 6.07) is -2.07. The molecule has 0 aromatic rings. The average Bonchev–Trinajstić information content (AvgIpc) is 3.40. The summed E-state index contributed by atoms with van der Waals surface area (Å²) in [6.07, 6.45) is 11.7. The molecule has 1 aliphatic heterocycles. The maximum absolute atomic E-state index is 14.2. The number of likely N-dealkylation sites (tertiary alicyclic amines) is 1. The summed E-state index contributed by atoms with van der Waals surface area (Å²) in [6.45, 7) is 13.4. The standard InChI is InChI=1S/C32H52Cl2N4O5/c1-6-8-10-14-17-24(20-26(39)35-18-9-7-2)36-29(40)25-19-23(28(33)34)21-38(25)30(41)27(22-15-12-11-13-16-22)37-31(42)43-32(3,4)5/h6-7,22-25,27-28H,1-2,8-21H2,3-5H3,(H,35,39)(H,36,40)(H,37,42)/t23-,24?,25+,27+/m1/s1. The number of halogens is 2. The number of alkyl halides is 2. The molecule has 4 amide bonds. The molecule has 3 N–H and O–H groups in total. The van der Waals surface area contributed by atoms with Gasteiger partial charge in [0, 0.05) is 31.5 Å². The molecule has 1 saturated carbocycles. The summed E-state index contributed by atoms with van der Waals surface area (Å²) in [5.41, 5.74) is -0.728. The minimum atomic E-state index is -0.835. The zero-order chi connectivity index (χ0) is 32.0. The van der Waals surface area contributed by atoms with Gasteiger partial charge >= 0.3 is 6.09 Å². The molecule has 1 unspecified atom stereocenters. The fourth-order valence-corrected chi connectivity index (χ4v) is 6.18. The number of alkyl carbamates (subject to hydrolysis) is 1. The van der Waals surface area contributed by atoms with Crippen molar-refractivity contribution < 1.29 is 23.9 Å². The van der Waals surface area contributed by atoms with Crippen LogP contribution in [0.1, 0.15) is 97.8 Å². The highest BCUT2D eigenvalue weighted by Crippen LogP contribution is 2.34. The number of ether oxygens (including phenoxy) is 1. The maximum atomic E-state index is 14.2. The molecule has 0 aromatic heterocycles. The lowest BCUT2D eigenvalue weighted by Gasteiger charge is -2.35. The molecule has 1 saturated heterocycles. The van der Waals surface area contributed by atoms with Crippen molar-refractivity contribution >= 4 is 47.0 Å². The number of amides is 4. The Kier molecular flexibility index (Phi) is 15.9. The van der Waals surface area contributed by atoms with E-state index in [-0.39, 0.29) is 48.9 Å². The van der Waals surface area contributed by atoms with Crippen molar-refractivity contribution in [1.82, 2.24) is 20.9 Å². The molecule has 0 aromatic carbocycles. The molecule has 2 fully saturated rings. The average molecular weight is 644 g/mol. The van der Waals surface area contributed by atoms with Crippen molar-refractivity contribution in [1.29, 1.82) is 0 Å². The first kappa shape index (κ1) is 36.9. The highest BCUT2D eigenvalue weighted by Gasteiger charge is 2.46. The molecule has 0 bridgehead atoms. The Labute approximate surface area is 267 Å². The molecule has 1 aliphatic carbocycles. The highest BCUT2D eigenvalue weighted by molar-refractivity contribution is 6.44. The second-order valence-corrected chi connectivity index (χ2v) is 13.9. The molecule has 4 atom stereocenters. The number of unbranched alkanes of at least 4 members (excludes halogenated alkanes) is 2. The van der Waals surface area contributed by atoms with Crippen LogP contribution < -0.4 is 16.0 Å². The van der Waals surface area contributed by atoms with Crippen LogP contribution in [0.3, 0.4) is 0 Å². The lowest BCUT2D eigenvalue weighted by Crippen LogP contribution is -2.57. The predicted octanol–water partition coefficient (Wildman–Crippen LogP) is 5.79. The lowest BCUT2D eigenvalue weighted by molar-refractivity contribution is -0.141. The highest BCUT2D eigenvalue weighted by atomic mass is 35.5. The minimum absolute atomic E-state index is 0.0730. The topological polar surface area (TPSA) is 117 Å². The Bertz CT molecular complexity index is 949. The Morgan fingerprint density at radius 1 is 0.977 bits per heavy atom. The third-order valence-electron chi connectivity index (χ3n) is 7.99. The van der Waals surface area contributed by atoms with Gasteiger partial charge in [-0.3, -0.25) is 14.4 Å². The largest absolute Gasteiger partial charge is 0.444 e. The van der Waals surface area contributed by atoms with E-state index in [1.54, 1.807) is 26.8 Å². The molecular formula is C32H52Cl2N4O5. The molecule has 1 heterocycles. The number of nitrogens with zero attached hydrogens (tertiary/aromatic N) is 1. The Balaban J connectivity index is 2.26. The second kappa shape index (κ2) is 18.5. The van der Waals surface area contributed by atoms with E-state index in [0.717, 1.165) is 51.4 Å². The van der Waals surface area contributed by atoms with Crippen LogP contribution in [0, 0.1) is 11.8 Å². The van der Waals surface area contributed by atoms with Gasteiger partial charge in [-0.25, -0.2) is 4.79 Å². The summed E-state index contributed by atoms with van der Waals surface area (Å²) in [4.78, 5) is 54.2. The van der Waals surface area contributed by atoms with Crippen molar-refractivity contribution in [3.05, 3.63) is 25.3 Å². The number of nitrogens with one attached hydrogen (secondary N) is 3. The van der Waals surface area contributed by atoms with Gasteiger partial charge in [0.2, 0.25) is 17.7 Å². The van der Waals surface area contributed by atoms with Crippen molar-refractivity contribution in [3.63, 3.8) is 0 Å². The van der Waals surface area contributed by atoms with Gasteiger partial charge in [0.05, 0.1) is 0 Å². The number of hydrogen-bond donors (Lipinski definition) is 3. The normalized spacial score (nSPS) is 20.7. The molecule has 0 spiro atoms. The fourth-order valence-electron chi connectivity index (χ4n) is 5.82. The van der Waals surface area contributed by atoms with Crippen LogP contribution in [-0.2, 0) is 19.1 Å². The van der Waals surface area contributed by atoms with Gasteiger partial charge in [-0.05, 0) is 71.6 Å². The Hall–Kier alpha value is -2.26. The Morgan fingerprint density at radius 2 is 1.65 bits per heavy atom. The smallest absolute Gasteiger partial charge is 0.408 e. The summed E-state index contributed by atoms with van der Waals surface area (Å²) < 4.78 is 5.49. The van der Waals surface area contributed by atoms with E-state index in [0.29, 0.717) is 19.4 Å². The van der Waals surface area contributed by atoms with E-state index >= 15 is 0 Å². The molecule has 11 heteroatoms. The van der Waals surface area contributed by atoms with Crippen molar-refractivity contribution in [3.8, 4) is 0 Å². The monoisotopic (exact) mass is 642 g/mol. The number of allylic oxidation sites excluding steroid dienone is 1. The molecule has 0 radical (unpaired) electrons. The minimum Gasteiger partial charge on any atom is -0.444 e.